The van der Waals surface area contributed by atoms with E-state index in [1.165, 1.54) is 0 Å². The van der Waals surface area contributed by atoms with Gasteiger partial charge in [0.15, 0.2) is 0 Å². The van der Waals surface area contributed by atoms with E-state index < -0.39 is 0 Å². The first-order valence-corrected chi connectivity index (χ1v) is 8.39. The second kappa shape index (κ2) is 6.44. The van der Waals surface area contributed by atoms with Gasteiger partial charge in [-0.25, -0.2) is 0 Å². The largest absolute Gasteiger partial charge is 0.497 e. The van der Waals surface area contributed by atoms with Gasteiger partial charge in [-0.1, -0.05) is 48.5 Å². The van der Waals surface area contributed by atoms with Crippen molar-refractivity contribution in [3.8, 4) is 5.75 Å². The molecule has 0 unspecified atom stereocenters. The lowest BCUT2D eigenvalue weighted by Gasteiger charge is -2.18. The molecule has 1 aliphatic heterocycles. The van der Waals surface area contributed by atoms with Crippen LogP contribution in [0.4, 0.5) is 11.4 Å². The highest BCUT2D eigenvalue weighted by Crippen LogP contribution is 2.43. The first kappa shape index (κ1) is 15.5. The fourth-order valence-electron chi connectivity index (χ4n) is 3.43. The third-order valence-electron chi connectivity index (χ3n) is 4.68. The Labute approximate surface area is 147 Å². The van der Waals surface area contributed by atoms with Crippen molar-refractivity contribution < 1.29 is 9.53 Å². The average molecular weight is 329 g/mol. The van der Waals surface area contributed by atoms with E-state index in [0.717, 1.165) is 28.3 Å². The van der Waals surface area contributed by atoms with Crippen molar-refractivity contribution in [1.29, 1.82) is 0 Å². The summed E-state index contributed by atoms with van der Waals surface area (Å²) in [5, 5.41) is 0. The lowest BCUT2D eigenvalue weighted by Crippen LogP contribution is -2.24. The minimum absolute atomic E-state index is 0.128. The van der Waals surface area contributed by atoms with Crippen LogP contribution in [0.1, 0.15) is 17.0 Å². The van der Waals surface area contributed by atoms with Gasteiger partial charge >= 0.3 is 0 Å². The van der Waals surface area contributed by atoms with Crippen LogP contribution in [0.15, 0.2) is 78.9 Å². The molecule has 0 bridgehead atoms. The maximum atomic E-state index is 13.2. The molecule has 0 aromatic heterocycles. The highest BCUT2D eigenvalue weighted by Gasteiger charge is 2.37. The van der Waals surface area contributed by atoms with Crippen LogP contribution in [-0.4, -0.2) is 13.0 Å². The Hall–Kier alpha value is -3.07. The third-order valence-corrected chi connectivity index (χ3v) is 4.68. The van der Waals surface area contributed by atoms with Crippen LogP contribution in [0.2, 0.25) is 0 Å². The highest BCUT2D eigenvalue weighted by molar-refractivity contribution is 6.10. The lowest BCUT2D eigenvalue weighted by molar-refractivity contribution is -0.118. The van der Waals surface area contributed by atoms with Crippen LogP contribution in [0, 0.1) is 0 Å². The fraction of sp³-hybridized carbons (Fsp3) is 0.136. The summed E-state index contributed by atoms with van der Waals surface area (Å²) in [4.78, 5) is 15.0. The number of hydrogen-bond acceptors (Lipinski definition) is 2. The second-order valence-electron chi connectivity index (χ2n) is 6.17. The van der Waals surface area contributed by atoms with Crippen molar-refractivity contribution in [3.63, 3.8) is 0 Å². The van der Waals surface area contributed by atoms with Crippen LogP contribution >= 0.6 is 0 Å². The molecule has 3 aromatic carbocycles. The molecule has 3 heteroatoms. The van der Waals surface area contributed by atoms with E-state index in [1.807, 2.05) is 77.7 Å². The van der Waals surface area contributed by atoms with Crippen LogP contribution in [-0.2, 0) is 11.2 Å². The number of methoxy groups -OCH3 is 1. The third kappa shape index (κ3) is 2.78. The number of ether oxygens (including phenoxy) is 1. The predicted octanol–water partition coefficient (Wildman–Crippen LogP) is 4.70. The molecule has 0 saturated carbocycles. The molecule has 0 radical (unpaired) electrons. The standard InChI is InChI=1S/C22H19NO2/c1-25-18-13-11-16(12-14-18)15-20-19-9-5-6-10-21(19)23(22(20)24)17-7-3-2-4-8-17/h2-14,20H,15H2,1H3/t20-/m1/s1. The van der Waals surface area contributed by atoms with Gasteiger partial charge in [0.2, 0.25) is 5.91 Å². The van der Waals surface area contributed by atoms with Gasteiger partial charge in [0, 0.05) is 5.69 Å². The number of fused-ring (bicyclic) bond motifs is 1. The molecule has 0 spiro atoms. The Balaban J connectivity index is 1.70. The van der Waals surface area contributed by atoms with Gasteiger partial charge in [-0.05, 0) is 47.9 Å². The number of benzene rings is 3. The van der Waals surface area contributed by atoms with Gasteiger partial charge in [-0.15, -0.1) is 0 Å². The first-order valence-electron chi connectivity index (χ1n) is 8.39. The van der Waals surface area contributed by atoms with Gasteiger partial charge in [0.25, 0.3) is 0 Å². The average Bonchev–Trinajstić information content (AvgIpc) is 2.95. The van der Waals surface area contributed by atoms with Gasteiger partial charge in [-0.2, -0.15) is 0 Å². The molecule has 0 N–H and O–H groups in total. The molecule has 1 amide bonds. The Morgan fingerprint density at radius 3 is 2.28 bits per heavy atom. The van der Waals surface area contributed by atoms with Crippen molar-refractivity contribution in [2.75, 3.05) is 12.0 Å². The van der Waals surface area contributed by atoms with Crippen molar-refractivity contribution in [2.45, 2.75) is 12.3 Å². The molecule has 0 saturated heterocycles. The number of para-hydroxylation sites is 2. The number of hydrogen-bond donors (Lipinski definition) is 0. The number of carbonyl (C=O) groups excluding carboxylic acids is 1. The van der Waals surface area contributed by atoms with Crippen LogP contribution < -0.4 is 9.64 Å². The van der Waals surface area contributed by atoms with Gasteiger partial charge in [-0.3, -0.25) is 9.69 Å². The maximum absolute atomic E-state index is 13.2. The van der Waals surface area contributed by atoms with Crippen molar-refractivity contribution in [3.05, 3.63) is 90.0 Å². The van der Waals surface area contributed by atoms with Crippen molar-refractivity contribution in [1.82, 2.24) is 0 Å². The second-order valence-corrected chi connectivity index (χ2v) is 6.17. The van der Waals surface area contributed by atoms with Crippen molar-refractivity contribution >= 4 is 17.3 Å². The van der Waals surface area contributed by atoms with Gasteiger partial charge in [0.1, 0.15) is 5.75 Å². The van der Waals surface area contributed by atoms with E-state index >= 15 is 0 Å². The molecule has 0 aliphatic carbocycles. The lowest BCUT2D eigenvalue weighted by atomic mass is 9.93. The minimum atomic E-state index is -0.162. The summed E-state index contributed by atoms with van der Waals surface area (Å²) in [7, 11) is 1.66. The van der Waals surface area contributed by atoms with Crippen LogP contribution in [0.5, 0.6) is 5.75 Å². The summed E-state index contributed by atoms with van der Waals surface area (Å²) in [6, 6.07) is 25.8. The smallest absolute Gasteiger partial charge is 0.239 e. The zero-order chi connectivity index (χ0) is 17.2. The van der Waals surface area contributed by atoms with E-state index in [0.29, 0.717) is 6.42 Å². The molecule has 0 fully saturated rings. The Bertz CT molecular complexity index is 887. The van der Waals surface area contributed by atoms with Crippen LogP contribution in [0.25, 0.3) is 0 Å². The van der Waals surface area contributed by atoms with Gasteiger partial charge < -0.3 is 4.74 Å². The van der Waals surface area contributed by atoms with Gasteiger partial charge in [0.05, 0.1) is 18.7 Å². The SMILES string of the molecule is COc1ccc(C[C@H]2C(=O)N(c3ccccc3)c3ccccc32)cc1. The number of nitrogens with zero attached hydrogens (tertiary/aromatic N) is 1. The molecule has 1 atom stereocenters. The molecule has 3 aromatic rings. The minimum Gasteiger partial charge on any atom is -0.497 e. The van der Waals surface area contributed by atoms with Crippen LogP contribution in [0.3, 0.4) is 0 Å². The zero-order valence-corrected chi connectivity index (χ0v) is 14.1. The van der Waals surface area contributed by atoms with E-state index in [4.69, 9.17) is 4.74 Å². The quantitative estimate of drug-likeness (QED) is 0.694. The fourth-order valence-corrected chi connectivity index (χ4v) is 3.43. The van der Waals surface area contributed by atoms with E-state index in [1.54, 1.807) is 7.11 Å². The molecule has 1 heterocycles. The molecular formula is C22H19NO2. The number of amides is 1. The molecular weight excluding hydrogens is 310 g/mol. The highest BCUT2D eigenvalue weighted by atomic mass is 16.5. The zero-order valence-electron chi connectivity index (χ0n) is 14.1. The number of rotatable bonds is 4. The summed E-state index contributed by atoms with van der Waals surface area (Å²) < 4.78 is 5.22. The first-order chi connectivity index (χ1) is 12.3. The Morgan fingerprint density at radius 2 is 1.56 bits per heavy atom. The molecule has 3 nitrogen and oxygen atoms in total. The maximum Gasteiger partial charge on any atom is 0.239 e. The van der Waals surface area contributed by atoms with E-state index in [-0.39, 0.29) is 11.8 Å². The summed E-state index contributed by atoms with van der Waals surface area (Å²) in [5.74, 6) is 0.792. The molecule has 4 rings (SSSR count). The number of carbonyl (C=O) groups is 1. The molecule has 25 heavy (non-hydrogen) atoms. The monoisotopic (exact) mass is 329 g/mol. The van der Waals surface area contributed by atoms with E-state index in [2.05, 4.69) is 6.07 Å². The predicted molar refractivity (Wildman–Crippen MR) is 99.5 cm³/mol. The summed E-state index contributed by atoms with van der Waals surface area (Å²) in [6.45, 7) is 0. The Kier molecular flexibility index (Phi) is 3.98. The molecule has 1 aliphatic rings. The van der Waals surface area contributed by atoms with E-state index in [9.17, 15) is 4.79 Å². The molecule has 124 valence electrons. The summed E-state index contributed by atoms with van der Waals surface area (Å²) in [5.41, 5.74) is 4.12. The number of anilines is 2. The normalized spacial score (nSPS) is 16.0. The Morgan fingerprint density at radius 1 is 0.880 bits per heavy atom. The van der Waals surface area contributed by atoms with Crippen molar-refractivity contribution in [2.24, 2.45) is 0 Å². The topological polar surface area (TPSA) is 29.5 Å². The summed E-state index contributed by atoms with van der Waals surface area (Å²) in [6.07, 6.45) is 0.684. The summed E-state index contributed by atoms with van der Waals surface area (Å²) >= 11 is 0.